The SMILES string of the molecule is CNC(=O)COC(=O)Cn1nc(-c2ccc(F)cc2)oc1=O. The molecule has 2 aromatic rings. The number of aromatic nitrogens is 2. The summed E-state index contributed by atoms with van der Waals surface area (Å²) in [4.78, 5) is 34.0. The molecule has 0 bridgehead atoms. The van der Waals surface area contributed by atoms with Crippen LogP contribution in [0.4, 0.5) is 4.39 Å². The summed E-state index contributed by atoms with van der Waals surface area (Å²) in [6.45, 7) is -0.951. The molecule has 0 atom stereocenters. The maximum absolute atomic E-state index is 12.8. The third-order valence-electron chi connectivity index (χ3n) is 2.62. The number of ether oxygens (including phenoxy) is 1. The van der Waals surface area contributed by atoms with E-state index in [9.17, 15) is 18.8 Å². The molecule has 1 amide bonds. The van der Waals surface area contributed by atoms with Crippen LogP contribution in [0.15, 0.2) is 33.5 Å². The Morgan fingerprint density at radius 2 is 2.05 bits per heavy atom. The summed E-state index contributed by atoms with van der Waals surface area (Å²) >= 11 is 0. The third kappa shape index (κ3) is 3.78. The minimum atomic E-state index is -0.865. The molecule has 0 aliphatic rings. The van der Waals surface area contributed by atoms with E-state index < -0.39 is 36.6 Å². The van der Waals surface area contributed by atoms with Crippen LogP contribution in [-0.4, -0.2) is 35.3 Å². The van der Waals surface area contributed by atoms with Crippen LogP contribution >= 0.6 is 0 Å². The van der Waals surface area contributed by atoms with E-state index in [0.717, 1.165) is 4.68 Å². The number of benzene rings is 1. The normalized spacial score (nSPS) is 10.3. The van der Waals surface area contributed by atoms with E-state index in [2.05, 4.69) is 15.2 Å². The second-order valence-electron chi connectivity index (χ2n) is 4.17. The monoisotopic (exact) mass is 309 g/mol. The Kier molecular flexibility index (Phi) is 4.66. The van der Waals surface area contributed by atoms with E-state index in [4.69, 9.17) is 4.42 Å². The number of amides is 1. The van der Waals surface area contributed by atoms with Gasteiger partial charge in [-0.1, -0.05) is 0 Å². The second kappa shape index (κ2) is 6.66. The number of halogens is 1. The number of likely N-dealkylation sites (N-methyl/N-ethyl adjacent to an activating group) is 1. The molecule has 0 saturated carbocycles. The summed E-state index contributed by atoms with van der Waals surface area (Å²) in [6.07, 6.45) is 0. The van der Waals surface area contributed by atoms with Crippen molar-refractivity contribution in [3.8, 4) is 11.5 Å². The maximum atomic E-state index is 12.8. The topological polar surface area (TPSA) is 103 Å². The van der Waals surface area contributed by atoms with Gasteiger partial charge in [0.05, 0.1) is 0 Å². The fourth-order valence-corrected chi connectivity index (χ4v) is 1.50. The highest BCUT2D eigenvalue weighted by Gasteiger charge is 2.14. The lowest BCUT2D eigenvalue weighted by atomic mass is 10.2. The molecule has 0 fully saturated rings. The first-order chi connectivity index (χ1) is 10.5. The van der Waals surface area contributed by atoms with Crippen molar-refractivity contribution in [1.82, 2.24) is 15.1 Å². The lowest BCUT2D eigenvalue weighted by Gasteiger charge is -2.02. The lowest BCUT2D eigenvalue weighted by Crippen LogP contribution is -2.28. The number of carbonyl (C=O) groups excluding carboxylic acids is 2. The fraction of sp³-hybridized carbons (Fsp3) is 0.231. The molecule has 0 saturated heterocycles. The highest BCUT2D eigenvalue weighted by Crippen LogP contribution is 2.15. The number of rotatable bonds is 5. The molecule has 0 unspecified atom stereocenters. The first-order valence-corrected chi connectivity index (χ1v) is 6.19. The van der Waals surface area contributed by atoms with Gasteiger partial charge >= 0.3 is 11.7 Å². The van der Waals surface area contributed by atoms with Crippen molar-refractivity contribution in [2.45, 2.75) is 6.54 Å². The van der Waals surface area contributed by atoms with E-state index in [1.807, 2.05) is 0 Å². The van der Waals surface area contributed by atoms with E-state index >= 15 is 0 Å². The number of nitrogens with zero attached hydrogens (tertiary/aromatic N) is 2. The van der Waals surface area contributed by atoms with Crippen molar-refractivity contribution >= 4 is 11.9 Å². The van der Waals surface area contributed by atoms with Gasteiger partial charge in [-0.3, -0.25) is 9.59 Å². The van der Waals surface area contributed by atoms with Crippen LogP contribution in [0.3, 0.4) is 0 Å². The van der Waals surface area contributed by atoms with Crippen molar-refractivity contribution < 1.29 is 23.1 Å². The molecule has 1 aromatic heterocycles. The average Bonchev–Trinajstić information content (AvgIpc) is 2.86. The first-order valence-electron chi connectivity index (χ1n) is 6.19. The van der Waals surface area contributed by atoms with Crippen LogP contribution in [0, 0.1) is 5.82 Å². The molecule has 1 aromatic carbocycles. The zero-order chi connectivity index (χ0) is 16.1. The largest absolute Gasteiger partial charge is 0.454 e. The Balaban J connectivity index is 2.07. The molecule has 0 aliphatic heterocycles. The Bertz CT molecular complexity index is 735. The van der Waals surface area contributed by atoms with E-state index in [0.29, 0.717) is 5.56 Å². The maximum Gasteiger partial charge on any atom is 0.437 e. The van der Waals surface area contributed by atoms with Gasteiger partial charge in [-0.2, -0.15) is 4.68 Å². The predicted octanol–water partition coefficient (Wildman–Crippen LogP) is -0.0684. The number of esters is 1. The quantitative estimate of drug-likeness (QED) is 0.776. The van der Waals surface area contributed by atoms with Crippen LogP contribution in [0.1, 0.15) is 0 Å². The Labute approximate surface area is 123 Å². The second-order valence-corrected chi connectivity index (χ2v) is 4.17. The van der Waals surface area contributed by atoms with E-state index in [-0.39, 0.29) is 5.89 Å². The van der Waals surface area contributed by atoms with Crippen LogP contribution in [0.5, 0.6) is 0 Å². The van der Waals surface area contributed by atoms with Crippen LogP contribution < -0.4 is 11.1 Å². The summed E-state index contributed by atoms with van der Waals surface area (Å²) < 4.78 is 23.1. The zero-order valence-corrected chi connectivity index (χ0v) is 11.5. The van der Waals surface area contributed by atoms with Gasteiger partial charge in [0.25, 0.3) is 5.91 Å². The van der Waals surface area contributed by atoms with Crippen LogP contribution in [-0.2, 0) is 20.9 Å². The summed E-state index contributed by atoms with van der Waals surface area (Å²) in [5.41, 5.74) is 0.385. The van der Waals surface area contributed by atoms with Crippen LogP contribution in [0.2, 0.25) is 0 Å². The Morgan fingerprint density at radius 3 is 2.68 bits per heavy atom. The van der Waals surface area contributed by atoms with Crippen LogP contribution in [0.25, 0.3) is 11.5 Å². The molecule has 1 N–H and O–H groups in total. The Hall–Kier alpha value is -2.97. The van der Waals surface area contributed by atoms with Gasteiger partial charge in [-0.05, 0) is 24.3 Å². The van der Waals surface area contributed by atoms with Crippen molar-refractivity contribution in [2.75, 3.05) is 13.7 Å². The third-order valence-corrected chi connectivity index (χ3v) is 2.62. The highest BCUT2D eigenvalue weighted by atomic mass is 19.1. The molecule has 1 heterocycles. The lowest BCUT2D eigenvalue weighted by molar-refractivity contribution is -0.149. The van der Waals surface area contributed by atoms with Gasteiger partial charge in [-0.25, -0.2) is 9.18 Å². The summed E-state index contributed by atoms with van der Waals surface area (Å²) in [6, 6.07) is 5.14. The number of hydrogen-bond acceptors (Lipinski definition) is 6. The molecule has 9 heteroatoms. The first kappa shape index (κ1) is 15.4. The van der Waals surface area contributed by atoms with Crippen molar-refractivity contribution in [3.05, 3.63) is 40.6 Å². The standard InChI is InChI=1S/C13H12FN3O5/c1-15-10(18)7-21-11(19)6-17-13(20)22-12(16-17)8-2-4-9(14)5-3-8/h2-5H,6-7H2,1H3,(H,15,18). The molecule has 116 valence electrons. The molecule has 0 spiro atoms. The smallest absolute Gasteiger partial charge is 0.437 e. The molecule has 0 radical (unpaired) electrons. The van der Waals surface area contributed by atoms with E-state index in [1.165, 1.54) is 31.3 Å². The van der Waals surface area contributed by atoms with Crippen molar-refractivity contribution in [1.29, 1.82) is 0 Å². The summed E-state index contributed by atoms with van der Waals surface area (Å²) in [5.74, 6) is -2.65. The van der Waals surface area contributed by atoms with Gasteiger partial charge in [0.2, 0.25) is 5.89 Å². The van der Waals surface area contributed by atoms with Crippen molar-refractivity contribution in [2.24, 2.45) is 0 Å². The van der Waals surface area contributed by atoms with Gasteiger partial charge in [0.1, 0.15) is 12.4 Å². The highest BCUT2D eigenvalue weighted by molar-refractivity contribution is 5.80. The molecule has 8 nitrogen and oxygen atoms in total. The molecular formula is C13H12FN3O5. The molecular weight excluding hydrogens is 297 g/mol. The van der Waals surface area contributed by atoms with Gasteiger partial charge in [0, 0.05) is 12.6 Å². The van der Waals surface area contributed by atoms with Gasteiger partial charge < -0.3 is 14.5 Å². The predicted molar refractivity (Wildman–Crippen MR) is 71.2 cm³/mol. The molecule has 22 heavy (non-hydrogen) atoms. The van der Waals surface area contributed by atoms with E-state index in [1.54, 1.807) is 0 Å². The average molecular weight is 309 g/mol. The van der Waals surface area contributed by atoms with Gasteiger partial charge in [0.15, 0.2) is 6.61 Å². The molecule has 0 aliphatic carbocycles. The number of nitrogens with one attached hydrogen (secondary N) is 1. The number of hydrogen-bond donors (Lipinski definition) is 1. The number of carbonyl (C=O) groups is 2. The van der Waals surface area contributed by atoms with Gasteiger partial charge in [-0.15, -0.1) is 5.10 Å². The zero-order valence-electron chi connectivity index (χ0n) is 11.5. The fourth-order valence-electron chi connectivity index (χ4n) is 1.50. The minimum Gasteiger partial charge on any atom is -0.454 e. The summed E-state index contributed by atoms with van der Waals surface area (Å²) in [5, 5.41) is 6.09. The summed E-state index contributed by atoms with van der Waals surface area (Å²) in [7, 11) is 1.40. The minimum absolute atomic E-state index is 0.0518. The molecule has 2 rings (SSSR count). The Morgan fingerprint density at radius 1 is 1.36 bits per heavy atom. The van der Waals surface area contributed by atoms with Crippen molar-refractivity contribution in [3.63, 3.8) is 0 Å².